The molecule has 5 rings (SSSR count). The number of ether oxygens (including phenoxy) is 3. The summed E-state index contributed by atoms with van der Waals surface area (Å²) in [5.74, 6) is 0.806. The molecule has 2 aliphatic heterocycles. The average Bonchev–Trinajstić information content (AvgIpc) is 3.38. The van der Waals surface area contributed by atoms with Crippen molar-refractivity contribution >= 4 is 17.5 Å². The fraction of sp³-hybridized carbons (Fsp3) is 0.333. The second-order valence-corrected chi connectivity index (χ2v) is 9.60. The molecule has 2 atom stereocenters. The molecule has 3 aromatic carbocycles. The highest BCUT2D eigenvalue weighted by Gasteiger charge is 2.55. The Kier molecular flexibility index (Phi) is 8.61. The van der Waals surface area contributed by atoms with Crippen LogP contribution in [0.1, 0.15) is 29.2 Å². The molecule has 206 valence electrons. The summed E-state index contributed by atoms with van der Waals surface area (Å²) in [4.78, 5) is 24.4. The fourth-order valence-corrected chi connectivity index (χ4v) is 5.04. The van der Waals surface area contributed by atoms with Crippen molar-refractivity contribution in [3.05, 3.63) is 106 Å². The van der Waals surface area contributed by atoms with E-state index in [1.165, 1.54) is 0 Å². The summed E-state index contributed by atoms with van der Waals surface area (Å²) in [6.45, 7) is 2.25. The van der Waals surface area contributed by atoms with Crippen LogP contribution in [0.15, 0.2) is 89.0 Å². The second kappa shape index (κ2) is 12.7. The third kappa shape index (κ3) is 5.79. The van der Waals surface area contributed by atoms with Gasteiger partial charge in [-0.3, -0.25) is 4.79 Å². The third-order valence-corrected chi connectivity index (χ3v) is 6.99. The molecule has 10 nitrogen and oxygen atoms in total. The molecule has 1 amide bonds. The number of nitrogens with zero attached hydrogens (tertiary/aromatic N) is 5. The normalized spacial score (nSPS) is 20.3. The average molecular weight is 542 g/mol. The summed E-state index contributed by atoms with van der Waals surface area (Å²) >= 11 is 0. The lowest BCUT2D eigenvalue weighted by atomic mass is 9.81. The first-order chi connectivity index (χ1) is 19.6. The highest BCUT2D eigenvalue weighted by Crippen LogP contribution is 2.46. The minimum Gasteiger partial charge on any atom is -0.494 e. The molecule has 0 aliphatic carbocycles. The minimum absolute atomic E-state index is 0.0576. The molecule has 2 aliphatic rings. The number of hydrogen-bond donors (Lipinski definition) is 1. The molecule has 3 aromatic rings. The van der Waals surface area contributed by atoms with Crippen LogP contribution in [0, 0.1) is 0 Å². The van der Waals surface area contributed by atoms with Crippen molar-refractivity contribution in [2.24, 2.45) is 10.1 Å². The number of aliphatic hydroxyl groups excluding tert-OH is 1. The monoisotopic (exact) mass is 541 g/mol. The number of carbonyl (C=O) groups is 1. The molecule has 0 radical (unpaired) electrons. The van der Waals surface area contributed by atoms with E-state index in [1.807, 2.05) is 66.7 Å². The molecule has 0 aromatic heterocycles. The van der Waals surface area contributed by atoms with Crippen molar-refractivity contribution in [1.29, 1.82) is 0 Å². The molecular weight excluding hydrogens is 510 g/mol. The van der Waals surface area contributed by atoms with E-state index in [1.54, 1.807) is 17.0 Å². The summed E-state index contributed by atoms with van der Waals surface area (Å²) in [7, 11) is 0. The zero-order chi connectivity index (χ0) is 27.8. The first-order valence-electron chi connectivity index (χ1n) is 13.3. The molecule has 0 bridgehead atoms. The zero-order valence-electron chi connectivity index (χ0n) is 22.1. The van der Waals surface area contributed by atoms with Gasteiger partial charge in [-0.25, -0.2) is 4.99 Å². The Labute approximate surface area is 232 Å². The van der Waals surface area contributed by atoms with Crippen molar-refractivity contribution in [1.82, 2.24) is 4.90 Å². The van der Waals surface area contributed by atoms with E-state index >= 15 is 0 Å². The van der Waals surface area contributed by atoms with Gasteiger partial charge in [0.2, 0.25) is 5.90 Å². The predicted molar refractivity (Wildman–Crippen MR) is 150 cm³/mol. The van der Waals surface area contributed by atoms with Crippen LogP contribution in [0.2, 0.25) is 0 Å². The van der Waals surface area contributed by atoms with E-state index in [0.29, 0.717) is 67.8 Å². The zero-order valence-corrected chi connectivity index (χ0v) is 22.1. The van der Waals surface area contributed by atoms with Crippen LogP contribution in [0.4, 0.5) is 5.69 Å². The number of benzene rings is 3. The molecule has 0 unspecified atom stereocenters. The highest BCUT2D eigenvalue weighted by molar-refractivity contribution is 6.01. The Bertz CT molecular complexity index is 1390. The summed E-state index contributed by atoms with van der Waals surface area (Å²) in [5, 5.41) is 12.9. The van der Waals surface area contributed by atoms with E-state index in [2.05, 4.69) is 10.0 Å². The predicted octanol–water partition coefficient (Wildman–Crippen LogP) is 4.75. The highest BCUT2D eigenvalue weighted by atomic mass is 16.5. The minimum atomic E-state index is -1.36. The Balaban J connectivity index is 1.62. The SMILES string of the molecule is [N-]=[N+]=Nc1ccccc1[C@@H]1OC(c2ccc(OCCCO)cc2)=N[C@]1(Cc1ccccc1)C(=O)N1CCOCC1. The Morgan fingerprint density at radius 2 is 1.80 bits per heavy atom. The van der Waals surface area contributed by atoms with E-state index in [9.17, 15) is 10.3 Å². The van der Waals surface area contributed by atoms with Gasteiger partial charge >= 0.3 is 0 Å². The number of azide groups is 1. The largest absolute Gasteiger partial charge is 0.494 e. The molecule has 1 N–H and O–H groups in total. The fourth-order valence-electron chi connectivity index (χ4n) is 5.04. The molecule has 0 saturated carbocycles. The topological polar surface area (TPSA) is 129 Å². The van der Waals surface area contributed by atoms with Crippen molar-refractivity contribution in [2.45, 2.75) is 24.5 Å². The second-order valence-electron chi connectivity index (χ2n) is 9.60. The standard InChI is InChI=1S/C30H31N5O5/c31-34-33-26-10-5-4-9-25(26)27-30(21-22-7-2-1-3-8-22,29(37)35-15-19-38-20-16-35)32-28(40-27)23-11-13-24(14-12-23)39-18-6-17-36/h1-5,7-14,27,36H,6,15-21H2/t27-,30-/m0/s1. The van der Waals surface area contributed by atoms with Gasteiger partial charge in [0.25, 0.3) is 5.91 Å². The summed E-state index contributed by atoms with van der Waals surface area (Å²) in [5.41, 5.74) is 10.5. The van der Waals surface area contributed by atoms with Crippen LogP contribution in [-0.2, 0) is 20.7 Å². The van der Waals surface area contributed by atoms with Gasteiger partial charge in [-0.2, -0.15) is 0 Å². The smallest absolute Gasteiger partial charge is 0.255 e. The van der Waals surface area contributed by atoms with E-state index in [0.717, 1.165) is 5.56 Å². The number of amides is 1. The van der Waals surface area contributed by atoms with Crippen LogP contribution < -0.4 is 4.74 Å². The first-order valence-corrected chi connectivity index (χ1v) is 13.3. The lowest BCUT2D eigenvalue weighted by Gasteiger charge is -2.37. The molecular formula is C30H31N5O5. The number of carbonyl (C=O) groups excluding carboxylic acids is 1. The van der Waals surface area contributed by atoms with Gasteiger partial charge in [-0.15, -0.1) is 0 Å². The summed E-state index contributed by atoms with van der Waals surface area (Å²) < 4.78 is 17.8. The lowest BCUT2D eigenvalue weighted by molar-refractivity contribution is -0.143. The van der Waals surface area contributed by atoms with Crippen LogP contribution in [0.25, 0.3) is 10.4 Å². The van der Waals surface area contributed by atoms with Crippen LogP contribution in [0.5, 0.6) is 5.75 Å². The van der Waals surface area contributed by atoms with Crippen molar-refractivity contribution < 1.29 is 24.1 Å². The number of morpholine rings is 1. The van der Waals surface area contributed by atoms with E-state index in [-0.39, 0.29) is 18.9 Å². The molecule has 1 fully saturated rings. The van der Waals surface area contributed by atoms with Gasteiger partial charge < -0.3 is 24.2 Å². The maximum atomic E-state index is 14.5. The van der Waals surface area contributed by atoms with Gasteiger partial charge in [-0.05, 0) is 35.4 Å². The van der Waals surface area contributed by atoms with E-state index < -0.39 is 11.6 Å². The maximum Gasteiger partial charge on any atom is 0.255 e. The maximum absolute atomic E-state index is 14.5. The summed E-state index contributed by atoms with van der Waals surface area (Å²) in [6, 6.07) is 24.2. The number of rotatable bonds is 10. The number of aliphatic hydroxyl groups is 1. The van der Waals surface area contributed by atoms with Crippen LogP contribution in [-0.4, -0.2) is 66.9 Å². The Hall–Kier alpha value is -4.37. The van der Waals surface area contributed by atoms with Crippen molar-refractivity contribution in [3.8, 4) is 5.75 Å². The van der Waals surface area contributed by atoms with Crippen molar-refractivity contribution in [3.63, 3.8) is 0 Å². The number of hydrogen-bond acceptors (Lipinski definition) is 7. The van der Waals surface area contributed by atoms with Gasteiger partial charge in [0.1, 0.15) is 5.75 Å². The van der Waals surface area contributed by atoms with Crippen LogP contribution in [0.3, 0.4) is 0 Å². The molecule has 10 heteroatoms. The first kappa shape index (κ1) is 27.2. The van der Waals surface area contributed by atoms with Gasteiger partial charge in [0.05, 0.1) is 19.8 Å². The molecule has 0 spiro atoms. The van der Waals surface area contributed by atoms with Crippen LogP contribution >= 0.6 is 0 Å². The quantitative estimate of drug-likeness (QED) is 0.171. The van der Waals surface area contributed by atoms with E-state index in [4.69, 9.17) is 24.3 Å². The van der Waals surface area contributed by atoms with Crippen molar-refractivity contribution in [2.75, 3.05) is 39.5 Å². The Morgan fingerprint density at radius 1 is 1.07 bits per heavy atom. The van der Waals surface area contributed by atoms with Gasteiger partial charge in [-0.1, -0.05) is 59.7 Å². The Morgan fingerprint density at radius 3 is 2.52 bits per heavy atom. The number of aliphatic imine (C=N–C) groups is 1. The van der Waals surface area contributed by atoms with Gasteiger partial charge in [0, 0.05) is 54.3 Å². The molecule has 2 heterocycles. The third-order valence-electron chi connectivity index (χ3n) is 6.99. The molecule has 1 saturated heterocycles. The summed E-state index contributed by atoms with van der Waals surface area (Å²) in [6.07, 6.45) is -0.0269. The lowest BCUT2D eigenvalue weighted by Crippen LogP contribution is -2.54. The molecule has 40 heavy (non-hydrogen) atoms. The van der Waals surface area contributed by atoms with Gasteiger partial charge in [0.15, 0.2) is 11.6 Å².